The van der Waals surface area contributed by atoms with Gasteiger partial charge in [-0.1, -0.05) is 17.8 Å². The summed E-state index contributed by atoms with van der Waals surface area (Å²) < 4.78 is 38.4. The third-order valence-electron chi connectivity index (χ3n) is 5.19. The zero-order chi connectivity index (χ0) is 24.0. The van der Waals surface area contributed by atoms with Crippen LogP contribution in [-0.4, -0.2) is 45.7 Å². The van der Waals surface area contributed by atoms with Crippen LogP contribution in [0.3, 0.4) is 0 Å². The third kappa shape index (κ3) is 6.28. The van der Waals surface area contributed by atoms with Crippen molar-refractivity contribution in [2.45, 2.75) is 33.8 Å². The fourth-order valence-corrected chi connectivity index (χ4v) is 5.23. The van der Waals surface area contributed by atoms with Gasteiger partial charge < -0.3 is 14.8 Å². The van der Waals surface area contributed by atoms with Crippen LogP contribution in [-0.2, 0) is 14.8 Å². The highest BCUT2D eigenvalue weighted by atomic mass is 32.2. The van der Waals surface area contributed by atoms with Crippen LogP contribution in [0.2, 0.25) is 0 Å². The van der Waals surface area contributed by atoms with Gasteiger partial charge in [0, 0.05) is 36.0 Å². The number of nitrogens with one attached hydrogen (secondary N) is 2. The van der Waals surface area contributed by atoms with Crippen LogP contribution in [0.4, 0.5) is 5.69 Å². The lowest BCUT2D eigenvalue weighted by molar-refractivity contribution is 0.0857. The summed E-state index contributed by atoms with van der Waals surface area (Å²) in [5.41, 5.74) is 0.933. The molecule has 10 heteroatoms. The van der Waals surface area contributed by atoms with E-state index in [4.69, 9.17) is 9.47 Å². The number of sulfonamides is 1. The maximum Gasteiger partial charge on any atom is 0.262 e. The van der Waals surface area contributed by atoms with E-state index < -0.39 is 10.0 Å². The second-order valence-corrected chi connectivity index (χ2v) is 10.4. The number of rotatable bonds is 9. The van der Waals surface area contributed by atoms with Crippen molar-refractivity contribution in [2.75, 3.05) is 25.0 Å². The number of methoxy groups -OCH3 is 1. The molecular weight excluding hydrogens is 474 g/mol. The monoisotopic (exact) mass is 499 g/mol. The van der Waals surface area contributed by atoms with Gasteiger partial charge in [-0.15, -0.1) is 0 Å². The Morgan fingerprint density at radius 3 is 2.68 bits per heavy atom. The molecular formula is C24H25N3O5S2. The summed E-state index contributed by atoms with van der Waals surface area (Å²) in [5.74, 6) is 0.292. The Labute approximate surface area is 203 Å². The molecule has 1 atom stereocenters. The van der Waals surface area contributed by atoms with E-state index in [2.05, 4.69) is 15.0 Å². The Morgan fingerprint density at radius 1 is 1.18 bits per heavy atom. The fraction of sp³-hybridized carbons (Fsp3) is 0.250. The number of anilines is 1. The van der Waals surface area contributed by atoms with Crippen LogP contribution in [0.15, 0.2) is 81.7 Å². The molecule has 178 valence electrons. The molecule has 0 bridgehead atoms. The van der Waals surface area contributed by atoms with Gasteiger partial charge in [-0.2, -0.15) is 0 Å². The number of pyridine rings is 1. The van der Waals surface area contributed by atoms with Crippen molar-refractivity contribution in [2.24, 2.45) is 0 Å². The second kappa shape index (κ2) is 10.9. The molecule has 4 rings (SSSR count). The maximum absolute atomic E-state index is 12.6. The van der Waals surface area contributed by atoms with Gasteiger partial charge in [0.25, 0.3) is 15.9 Å². The Bertz CT molecular complexity index is 1230. The van der Waals surface area contributed by atoms with Crippen molar-refractivity contribution in [3.05, 3.63) is 72.4 Å². The van der Waals surface area contributed by atoms with E-state index >= 15 is 0 Å². The molecule has 1 saturated heterocycles. The van der Waals surface area contributed by atoms with Crippen molar-refractivity contribution >= 4 is 33.4 Å². The fourth-order valence-electron chi connectivity index (χ4n) is 3.38. The van der Waals surface area contributed by atoms with E-state index in [0.29, 0.717) is 23.5 Å². The number of amides is 1. The lowest BCUT2D eigenvalue weighted by Crippen LogP contribution is -2.31. The van der Waals surface area contributed by atoms with Crippen LogP contribution in [0, 0.1) is 0 Å². The molecule has 0 saturated carbocycles. The van der Waals surface area contributed by atoms with Gasteiger partial charge in [0.15, 0.2) is 0 Å². The topological polar surface area (TPSA) is 107 Å². The molecule has 0 radical (unpaired) electrons. The number of hydrogen-bond acceptors (Lipinski definition) is 7. The first-order chi connectivity index (χ1) is 16.4. The first-order valence-corrected chi connectivity index (χ1v) is 13.0. The largest absolute Gasteiger partial charge is 0.497 e. The van der Waals surface area contributed by atoms with Gasteiger partial charge >= 0.3 is 0 Å². The van der Waals surface area contributed by atoms with Crippen molar-refractivity contribution in [3.8, 4) is 5.75 Å². The number of benzene rings is 2. The molecule has 1 amide bonds. The average molecular weight is 500 g/mol. The predicted octanol–water partition coefficient (Wildman–Crippen LogP) is 3.95. The number of aromatic nitrogens is 1. The molecule has 0 aliphatic carbocycles. The zero-order valence-corrected chi connectivity index (χ0v) is 20.2. The van der Waals surface area contributed by atoms with Crippen LogP contribution >= 0.6 is 11.8 Å². The van der Waals surface area contributed by atoms with E-state index in [0.717, 1.165) is 29.4 Å². The summed E-state index contributed by atoms with van der Waals surface area (Å²) in [6, 6.07) is 16.8. The molecule has 2 aromatic carbocycles. The van der Waals surface area contributed by atoms with Crippen LogP contribution < -0.4 is 14.8 Å². The lowest BCUT2D eigenvalue weighted by Gasteiger charge is -2.11. The number of ether oxygens (including phenoxy) is 2. The summed E-state index contributed by atoms with van der Waals surface area (Å²) in [7, 11) is -2.25. The zero-order valence-electron chi connectivity index (χ0n) is 18.6. The number of carbonyl (C=O) groups is 1. The van der Waals surface area contributed by atoms with Crippen LogP contribution in [0.5, 0.6) is 5.75 Å². The van der Waals surface area contributed by atoms with Crippen molar-refractivity contribution < 1.29 is 22.7 Å². The highest BCUT2D eigenvalue weighted by molar-refractivity contribution is 7.99. The summed E-state index contributed by atoms with van der Waals surface area (Å²) in [6.45, 7) is 1.26. The van der Waals surface area contributed by atoms with Crippen LogP contribution in [0.25, 0.3) is 0 Å². The summed E-state index contributed by atoms with van der Waals surface area (Å²) in [5, 5.41) is 3.60. The predicted molar refractivity (Wildman–Crippen MR) is 130 cm³/mol. The molecule has 0 spiro atoms. The molecule has 8 nitrogen and oxygen atoms in total. The van der Waals surface area contributed by atoms with Crippen molar-refractivity contribution in [1.29, 1.82) is 0 Å². The highest BCUT2D eigenvalue weighted by Crippen LogP contribution is 2.28. The van der Waals surface area contributed by atoms with E-state index in [1.165, 1.54) is 31.0 Å². The van der Waals surface area contributed by atoms with E-state index in [1.54, 1.807) is 54.7 Å². The molecule has 2 heterocycles. The molecule has 2 N–H and O–H groups in total. The molecule has 1 fully saturated rings. The Kier molecular flexibility index (Phi) is 7.71. The average Bonchev–Trinajstić information content (AvgIpc) is 3.38. The number of nitrogens with zero attached hydrogens (tertiary/aromatic N) is 1. The van der Waals surface area contributed by atoms with Gasteiger partial charge in [-0.05, 0) is 61.4 Å². The lowest BCUT2D eigenvalue weighted by atomic mass is 10.2. The number of hydrogen-bond donors (Lipinski definition) is 2. The smallest absolute Gasteiger partial charge is 0.262 e. The standard InChI is InChI=1S/C24H25N3O5S2/c1-31-19-4-2-6-22(14-19)34(29,30)27-18-8-10-21(11-9-18)33-23-12-7-17(15-25-23)24(28)26-16-20-5-3-13-32-20/h2,4,6-12,14-15,20,27H,3,5,13,16H2,1H3,(H,26,28)/t20-/m0/s1. The molecule has 0 unspecified atom stereocenters. The highest BCUT2D eigenvalue weighted by Gasteiger charge is 2.17. The summed E-state index contributed by atoms with van der Waals surface area (Å²) >= 11 is 1.41. The summed E-state index contributed by atoms with van der Waals surface area (Å²) in [6.07, 6.45) is 3.64. The molecule has 3 aromatic rings. The third-order valence-corrected chi connectivity index (χ3v) is 7.53. The van der Waals surface area contributed by atoms with E-state index in [-0.39, 0.29) is 16.9 Å². The Morgan fingerprint density at radius 2 is 2.00 bits per heavy atom. The minimum Gasteiger partial charge on any atom is -0.497 e. The van der Waals surface area contributed by atoms with Crippen LogP contribution in [0.1, 0.15) is 23.2 Å². The van der Waals surface area contributed by atoms with Gasteiger partial charge in [0.1, 0.15) is 10.8 Å². The van der Waals surface area contributed by atoms with Gasteiger partial charge in [0.05, 0.1) is 23.7 Å². The minimum absolute atomic E-state index is 0.0923. The first-order valence-electron chi connectivity index (χ1n) is 10.7. The van der Waals surface area contributed by atoms with Crippen molar-refractivity contribution in [3.63, 3.8) is 0 Å². The SMILES string of the molecule is COc1cccc(S(=O)(=O)Nc2ccc(Sc3ccc(C(=O)NC[C@@H]4CCCO4)cn3)cc2)c1. The van der Waals surface area contributed by atoms with Gasteiger partial charge in [-0.3, -0.25) is 9.52 Å². The quantitative estimate of drug-likeness (QED) is 0.459. The van der Waals surface area contributed by atoms with Crippen molar-refractivity contribution in [1.82, 2.24) is 10.3 Å². The Balaban J connectivity index is 1.33. The van der Waals surface area contributed by atoms with E-state index in [9.17, 15) is 13.2 Å². The first kappa shape index (κ1) is 24.1. The second-order valence-electron chi connectivity index (χ2n) is 7.64. The maximum atomic E-state index is 12.6. The van der Waals surface area contributed by atoms with Gasteiger partial charge in [0.2, 0.25) is 0 Å². The van der Waals surface area contributed by atoms with Gasteiger partial charge in [-0.25, -0.2) is 13.4 Å². The van der Waals surface area contributed by atoms with E-state index in [1.807, 2.05) is 0 Å². The molecule has 34 heavy (non-hydrogen) atoms. The Hall–Kier alpha value is -3.08. The molecule has 1 aromatic heterocycles. The minimum atomic E-state index is -3.74. The molecule has 1 aliphatic rings. The normalized spacial score (nSPS) is 15.6. The molecule has 1 aliphatic heterocycles. The number of carbonyl (C=O) groups excluding carboxylic acids is 1. The summed E-state index contributed by atoms with van der Waals surface area (Å²) in [4.78, 5) is 17.6.